The van der Waals surface area contributed by atoms with Crippen LogP contribution in [0.1, 0.15) is 57.0 Å². The SMILES string of the molecule is CSc1ncc(-c2sc(-c3ccc(C(=O)O)cc3C)nc2C)c(CN2C(=O)O[C@H](c3cc(C(F)(F)F)cc(C(F)(F)F)c3)[C@@H]2C)n1. The summed E-state index contributed by atoms with van der Waals surface area (Å²) in [4.78, 5) is 39.9. The van der Waals surface area contributed by atoms with Gasteiger partial charge in [0.05, 0.1) is 45.5 Å². The fourth-order valence-corrected chi connectivity index (χ4v) is 6.62. The van der Waals surface area contributed by atoms with Crippen LogP contribution in [-0.2, 0) is 23.6 Å². The lowest BCUT2D eigenvalue weighted by atomic mass is 9.97. The highest BCUT2D eigenvalue weighted by molar-refractivity contribution is 7.98. The number of halogens is 6. The van der Waals surface area contributed by atoms with Gasteiger partial charge in [0.2, 0.25) is 0 Å². The highest BCUT2D eigenvalue weighted by atomic mass is 32.2. The molecule has 8 nitrogen and oxygen atoms in total. The number of aromatic carboxylic acids is 1. The zero-order valence-electron chi connectivity index (χ0n) is 24.4. The highest BCUT2D eigenvalue weighted by Gasteiger charge is 2.43. The first-order valence-electron chi connectivity index (χ1n) is 13.5. The summed E-state index contributed by atoms with van der Waals surface area (Å²) in [6.07, 6.45) is -9.18. The van der Waals surface area contributed by atoms with Gasteiger partial charge < -0.3 is 9.84 Å². The molecule has 1 amide bonds. The van der Waals surface area contributed by atoms with E-state index < -0.39 is 53.3 Å². The molecule has 3 heterocycles. The van der Waals surface area contributed by atoms with Gasteiger partial charge in [-0.1, -0.05) is 17.8 Å². The zero-order chi connectivity index (χ0) is 33.7. The monoisotopic (exact) mass is 682 g/mol. The lowest BCUT2D eigenvalue weighted by molar-refractivity contribution is -0.143. The molecule has 242 valence electrons. The summed E-state index contributed by atoms with van der Waals surface area (Å²) < 4.78 is 86.5. The molecule has 0 aliphatic carbocycles. The lowest BCUT2D eigenvalue weighted by Gasteiger charge is -2.23. The Morgan fingerprint density at radius 2 is 1.67 bits per heavy atom. The molecule has 0 unspecified atom stereocenters. The Hall–Kier alpha value is -4.18. The van der Waals surface area contributed by atoms with E-state index in [-0.39, 0.29) is 18.2 Å². The van der Waals surface area contributed by atoms with Crippen LogP contribution >= 0.6 is 23.1 Å². The Bertz CT molecular complexity index is 1810. The van der Waals surface area contributed by atoms with Crippen molar-refractivity contribution in [3.63, 3.8) is 0 Å². The highest BCUT2D eigenvalue weighted by Crippen LogP contribution is 2.42. The van der Waals surface area contributed by atoms with E-state index in [2.05, 4.69) is 15.0 Å². The van der Waals surface area contributed by atoms with Gasteiger partial charge in [-0.25, -0.2) is 24.5 Å². The fourth-order valence-electron chi connectivity index (χ4n) is 5.07. The smallest absolute Gasteiger partial charge is 0.416 e. The molecule has 46 heavy (non-hydrogen) atoms. The average Bonchev–Trinajstić information content (AvgIpc) is 3.50. The molecule has 1 aliphatic heterocycles. The van der Waals surface area contributed by atoms with Gasteiger partial charge in [0, 0.05) is 17.3 Å². The predicted octanol–water partition coefficient (Wildman–Crippen LogP) is 8.42. The quantitative estimate of drug-likeness (QED) is 0.118. The first-order valence-corrected chi connectivity index (χ1v) is 15.5. The van der Waals surface area contributed by atoms with Crippen molar-refractivity contribution >= 4 is 35.2 Å². The van der Waals surface area contributed by atoms with Gasteiger partial charge in [0.25, 0.3) is 0 Å². The maximum absolute atomic E-state index is 13.5. The zero-order valence-corrected chi connectivity index (χ0v) is 26.1. The minimum absolute atomic E-state index is 0.0213. The lowest BCUT2D eigenvalue weighted by Crippen LogP contribution is -2.32. The van der Waals surface area contributed by atoms with Crippen LogP contribution in [0.15, 0.2) is 47.8 Å². The number of amides is 1. The van der Waals surface area contributed by atoms with Gasteiger partial charge in [0.15, 0.2) is 5.16 Å². The third-order valence-corrected chi connectivity index (χ3v) is 9.21. The molecule has 5 rings (SSSR count). The average molecular weight is 683 g/mol. The Balaban J connectivity index is 1.51. The number of ether oxygens (including phenoxy) is 1. The maximum atomic E-state index is 13.5. The van der Waals surface area contributed by atoms with Crippen molar-refractivity contribution in [2.45, 2.75) is 57.0 Å². The molecule has 2 aromatic carbocycles. The molecule has 4 aromatic rings. The minimum atomic E-state index is -5.06. The standard InChI is InChI=1S/C30H24F6N4O4S2/c1-13-7-16(26(41)42)5-6-20(13)25-38-14(2)24(46-25)21-11-37-27(45-4)39-22(21)12-40-15(3)23(44-28(40)43)17-8-18(29(31,32)33)10-19(9-17)30(34,35)36/h5-11,15,23H,12H2,1-4H3,(H,41,42)/t15-,23-/m0/s1. The summed E-state index contributed by atoms with van der Waals surface area (Å²) in [7, 11) is 0. The van der Waals surface area contributed by atoms with Crippen LogP contribution in [0, 0.1) is 13.8 Å². The molecule has 1 N–H and O–H groups in total. The number of carboxylic acid groups (broad SMARTS) is 1. The number of carboxylic acids is 1. The largest absolute Gasteiger partial charge is 0.478 e. The predicted molar refractivity (Wildman–Crippen MR) is 157 cm³/mol. The molecule has 0 radical (unpaired) electrons. The van der Waals surface area contributed by atoms with E-state index in [0.29, 0.717) is 55.3 Å². The number of thioether (sulfide) groups is 1. The Labute approximate surface area is 266 Å². The van der Waals surface area contributed by atoms with Crippen molar-refractivity contribution in [3.05, 3.63) is 81.8 Å². The third kappa shape index (κ3) is 6.54. The molecular weight excluding hydrogens is 658 g/mol. The maximum Gasteiger partial charge on any atom is 0.416 e. The number of alkyl halides is 6. The second-order valence-electron chi connectivity index (χ2n) is 10.5. The number of rotatable bonds is 7. The number of thiazole rings is 1. The van der Waals surface area contributed by atoms with Crippen LogP contribution in [0.2, 0.25) is 0 Å². The van der Waals surface area contributed by atoms with Crippen LogP contribution in [0.4, 0.5) is 31.1 Å². The van der Waals surface area contributed by atoms with Gasteiger partial charge >= 0.3 is 24.4 Å². The van der Waals surface area contributed by atoms with E-state index in [1.165, 1.54) is 47.1 Å². The first-order chi connectivity index (χ1) is 21.5. The molecule has 0 saturated carbocycles. The second-order valence-corrected chi connectivity index (χ2v) is 12.3. The number of nitrogens with zero attached hydrogens (tertiary/aromatic N) is 4. The summed E-state index contributed by atoms with van der Waals surface area (Å²) in [5, 5.41) is 10.3. The number of cyclic esters (lactones) is 1. The molecular formula is C30H24F6N4O4S2. The van der Waals surface area contributed by atoms with E-state index in [1.807, 2.05) is 0 Å². The Morgan fingerprint density at radius 1 is 1.02 bits per heavy atom. The van der Waals surface area contributed by atoms with Crippen LogP contribution in [0.3, 0.4) is 0 Å². The number of hydrogen-bond donors (Lipinski definition) is 1. The van der Waals surface area contributed by atoms with Crippen LogP contribution in [0.5, 0.6) is 0 Å². The van der Waals surface area contributed by atoms with Crippen molar-refractivity contribution in [3.8, 4) is 21.0 Å². The van der Waals surface area contributed by atoms with E-state index in [4.69, 9.17) is 4.74 Å². The number of hydrogen-bond acceptors (Lipinski definition) is 8. The summed E-state index contributed by atoms with van der Waals surface area (Å²) in [5.74, 6) is -1.06. The summed E-state index contributed by atoms with van der Waals surface area (Å²) in [6.45, 7) is 4.81. The fraction of sp³-hybridized carbons (Fsp3) is 0.300. The van der Waals surface area contributed by atoms with Crippen LogP contribution in [0.25, 0.3) is 21.0 Å². The van der Waals surface area contributed by atoms with Crippen molar-refractivity contribution in [1.82, 2.24) is 19.9 Å². The summed E-state index contributed by atoms with van der Waals surface area (Å²) >= 11 is 2.53. The van der Waals surface area contributed by atoms with Gasteiger partial charge in [0.1, 0.15) is 11.1 Å². The molecule has 16 heteroatoms. The van der Waals surface area contributed by atoms with Gasteiger partial charge in [-0.15, -0.1) is 11.3 Å². The van der Waals surface area contributed by atoms with E-state index >= 15 is 0 Å². The van der Waals surface area contributed by atoms with Gasteiger partial charge in [-0.05, 0) is 68.5 Å². The Morgan fingerprint density at radius 3 is 2.24 bits per heavy atom. The van der Waals surface area contributed by atoms with Crippen LogP contribution < -0.4 is 0 Å². The summed E-state index contributed by atoms with van der Waals surface area (Å²) in [5.41, 5.74) is -0.447. The minimum Gasteiger partial charge on any atom is -0.478 e. The van der Waals surface area contributed by atoms with E-state index in [0.717, 1.165) is 0 Å². The van der Waals surface area contributed by atoms with Crippen molar-refractivity contribution < 1.29 is 45.8 Å². The summed E-state index contributed by atoms with van der Waals surface area (Å²) in [6, 6.07) is 4.84. The van der Waals surface area contributed by atoms with Crippen molar-refractivity contribution in [1.29, 1.82) is 0 Å². The topological polar surface area (TPSA) is 106 Å². The Kier molecular flexibility index (Phi) is 8.81. The molecule has 2 aromatic heterocycles. The van der Waals surface area contributed by atoms with Gasteiger partial charge in [-0.3, -0.25) is 4.90 Å². The number of carbonyl (C=O) groups is 2. The molecule has 2 atom stereocenters. The molecule has 1 fully saturated rings. The second kappa shape index (κ2) is 12.2. The van der Waals surface area contributed by atoms with E-state index in [9.17, 15) is 41.0 Å². The van der Waals surface area contributed by atoms with E-state index in [1.54, 1.807) is 32.4 Å². The number of benzene rings is 2. The number of carbonyl (C=O) groups excluding carboxylic acids is 1. The van der Waals surface area contributed by atoms with Gasteiger partial charge in [-0.2, -0.15) is 26.3 Å². The van der Waals surface area contributed by atoms with Crippen LogP contribution in [-0.4, -0.2) is 49.3 Å². The first kappa shape index (κ1) is 33.2. The number of aromatic nitrogens is 3. The molecule has 0 bridgehead atoms. The van der Waals surface area contributed by atoms with Crippen molar-refractivity contribution in [2.75, 3.05) is 6.26 Å². The molecule has 0 spiro atoms. The normalized spacial score (nSPS) is 17.0. The number of aryl methyl sites for hydroxylation is 2. The third-order valence-electron chi connectivity index (χ3n) is 7.42. The molecule has 1 saturated heterocycles. The molecule has 1 aliphatic rings. The van der Waals surface area contributed by atoms with Crippen molar-refractivity contribution in [2.24, 2.45) is 0 Å².